The van der Waals surface area contributed by atoms with Crippen LogP contribution in [0.25, 0.3) is 0 Å². The molecule has 4 aliphatic rings. The number of aliphatic hydroxyl groups is 4. The zero-order valence-electron chi connectivity index (χ0n) is 30.5. The first-order valence-corrected chi connectivity index (χ1v) is 18.5. The average molecular weight is 691 g/mol. The van der Waals surface area contributed by atoms with Gasteiger partial charge in [-0.15, -0.1) is 0 Å². The van der Waals surface area contributed by atoms with Crippen molar-refractivity contribution in [3.63, 3.8) is 0 Å². The van der Waals surface area contributed by atoms with Gasteiger partial charge >= 0.3 is 12.1 Å². The summed E-state index contributed by atoms with van der Waals surface area (Å²) in [6.07, 6.45) is 10.1. The number of likely N-dealkylation sites (tertiary alicyclic amines) is 2. The monoisotopic (exact) mass is 690 g/mol. The minimum Gasteiger partial charge on any atom is -0.457 e. The van der Waals surface area contributed by atoms with E-state index in [4.69, 9.17) is 14.2 Å². The predicted molar refractivity (Wildman–Crippen MR) is 187 cm³/mol. The number of nitrogens with zero attached hydrogens (tertiary/aromatic N) is 2. The Morgan fingerprint density at radius 3 is 2.61 bits per heavy atom. The Morgan fingerprint density at radius 1 is 1.20 bits per heavy atom. The van der Waals surface area contributed by atoms with Crippen LogP contribution in [-0.2, 0) is 19.0 Å². The molecule has 0 aromatic rings. The second-order valence-corrected chi connectivity index (χ2v) is 15.5. The molecule has 0 saturated carbocycles. The Labute approximate surface area is 293 Å². The molecule has 0 aliphatic carbocycles. The number of cyclic esters (lactones) is 1. The average Bonchev–Trinajstić information content (AvgIpc) is 3.37. The van der Waals surface area contributed by atoms with Gasteiger partial charge in [-0.2, -0.15) is 0 Å². The van der Waals surface area contributed by atoms with Crippen LogP contribution >= 0.6 is 0 Å². The molecule has 3 saturated heterocycles. The predicted octanol–water partition coefficient (Wildman–Crippen LogP) is 4.27. The Bertz CT molecular complexity index is 1190. The SMILES string of the molecule is CCC(O)C(C)C1OC1CC(C)(O)/C=C/C=C(\C)C1OC(=O)CC(O)CCC(C)(O)C(OC(=O)N2CCC[C@H]2CN2CCCC2)/C=C\C1C. The van der Waals surface area contributed by atoms with Crippen molar-refractivity contribution in [1.82, 2.24) is 9.80 Å². The van der Waals surface area contributed by atoms with Gasteiger partial charge in [-0.25, -0.2) is 4.79 Å². The quantitative estimate of drug-likeness (QED) is 0.107. The second-order valence-electron chi connectivity index (χ2n) is 15.5. The molecule has 1 amide bonds. The molecular weight excluding hydrogens is 628 g/mol. The van der Waals surface area contributed by atoms with E-state index < -0.39 is 47.7 Å². The maximum atomic E-state index is 13.6. The molecule has 0 aromatic carbocycles. The third kappa shape index (κ3) is 11.4. The molecule has 278 valence electrons. The highest BCUT2D eigenvalue weighted by Gasteiger charge is 2.47. The maximum absolute atomic E-state index is 13.6. The fourth-order valence-electron chi connectivity index (χ4n) is 7.51. The highest BCUT2D eigenvalue weighted by molar-refractivity contribution is 5.70. The summed E-state index contributed by atoms with van der Waals surface area (Å²) in [7, 11) is 0. The van der Waals surface area contributed by atoms with Crippen molar-refractivity contribution in [2.24, 2.45) is 11.8 Å². The highest BCUT2D eigenvalue weighted by atomic mass is 16.6. The van der Waals surface area contributed by atoms with Crippen molar-refractivity contribution < 1.29 is 44.2 Å². The minimum atomic E-state index is -1.48. The lowest BCUT2D eigenvalue weighted by molar-refractivity contribution is -0.151. The van der Waals surface area contributed by atoms with Crippen LogP contribution in [-0.4, -0.2) is 122 Å². The van der Waals surface area contributed by atoms with Crippen molar-refractivity contribution in [2.45, 2.75) is 153 Å². The van der Waals surface area contributed by atoms with Crippen molar-refractivity contribution in [1.29, 1.82) is 0 Å². The fraction of sp³-hybridized carbons (Fsp3) is 0.789. The van der Waals surface area contributed by atoms with E-state index in [-0.39, 0.29) is 49.3 Å². The van der Waals surface area contributed by atoms with E-state index >= 15 is 0 Å². The summed E-state index contributed by atoms with van der Waals surface area (Å²) in [5, 5.41) is 43.4. The van der Waals surface area contributed by atoms with Crippen LogP contribution in [0.4, 0.5) is 4.79 Å². The molecule has 11 atom stereocenters. The number of esters is 1. The molecule has 4 aliphatic heterocycles. The van der Waals surface area contributed by atoms with E-state index in [9.17, 15) is 30.0 Å². The number of amides is 1. The Balaban J connectivity index is 1.46. The van der Waals surface area contributed by atoms with E-state index in [1.807, 2.05) is 33.8 Å². The number of aliphatic hydroxyl groups excluding tert-OH is 2. The Kier molecular flexibility index (Phi) is 13.9. The number of rotatable bonds is 11. The van der Waals surface area contributed by atoms with Gasteiger partial charge < -0.3 is 44.4 Å². The molecule has 0 bridgehead atoms. The van der Waals surface area contributed by atoms with Gasteiger partial charge in [-0.1, -0.05) is 45.1 Å². The lowest BCUT2D eigenvalue weighted by Gasteiger charge is -2.35. The summed E-state index contributed by atoms with van der Waals surface area (Å²) in [6.45, 7) is 14.5. The lowest BCUT2D eigenvalue weighted by atomic mass is 9.88. The highest BCUT2D eigenvalue weighted by Crippen LogP contribution is 2.37. The fourth-order valence-corrected chi connectivity index (χ4v) is 7.51. The van der Waals surface area contributed by atoms with Gasteiger partial charge in [-0.3, -0.25) is 4.79 Å². The summed E-state index contributed by atoms with van der Waals surface area (Å²) >= 11 is 0. The number of epoxide rings is 1. The van der Waals surface area contributed by atoms with E-state index in [0.29, 0.717) is 25.0 Å². The number of carbonyl (C=O) groups excluding carboxylic acids is 2. The number of hydrogen-bond acceptors (Lipinski definition) is 10. The topological polar surface area (TPSA) is 153 Å². The van der Waals surface area contributed by atoms with Crippen molar-refractivity contribution >= 4 is 12.1 Å². The van der Waals surface area contributed by atoms with Gasteiger partial charge in [0.05, 0.1) is 36.4 Å². The molecule has 10 unspecified atom stereocenters. The molecule has 4 heterocycles. The van der Waals surface area contributed by atoms with E-state index in [1.165, 1.54) is 12.8 Å². The first kappa shape index (κ1) is 39.5. The van der Waals surface area contributed by atoms with Crippen molar-refractivity contribution in [3.05, 3.63) is 36.0 Å². The molecule has 0 radical (unpaired) electrons. The molecule has 11 heteroatoms. The van der Waals surface area contributed by atoms with Gasteiger partial charge in [0.25, 0.3) is 0 Å². The molecule has 0 spiro atoms. The van der Waals surface area contributed by atoms with Gasteiger partial charge in [0.15, 0.2) is 6.10 Å². The van der Waals surface area contributed by atoms with E-state index in [2.05, 4.69) is 4.90 Å². The number of carbonyl (C=O) groups is 2. The van der Waals surface area contributed by atoms with Gasteiger partial charge in [0.2, 0.25) is 0 Å². The largest absolute Gasteiger partial charge is 0.457 e. The van der Waals surface area contributed by atoms with Crippen LogP contribution in [0, 0.1) is 11.8 Å². The Hall–Kier alpha value is -2.28. The molecule has 4 N–H and O–H groups in total. The summed E-state index contributed by atoms with van der Waals surface area (Å²) < 4.78 is 17.7. The van der Waals surface area contributed by atoms with Crippen LogP contribution in [0.2, 0.25) is 0 Å². The molecule has 11 nitrogen and oxygen atoms in total. The van der Waals surface area contributed by atoms with Crippen molar-refractivity contribution in [3.8, 4) is 0 Å². The van der Waals surface area contributed by atoms with Gasteiger partial charge in [0, 0.05) is 37.4 Å². The zero-order valence-corrected chi connectivity index (χ0v) is 30.5. The van der Waals surface area contributed by atoms with Gasteiger partial charge in [0.1, 0.15) is 11.7 Å². The third-order valence-corrected chi connectivity index (χ3v) is 10.9. The zero-order chi connectivity index (χ0) is 35.9. The molecule has 49 heavy (non-hydrogen) atoms. The third-order valence-electron chi connectivity index (χ3n) is 10.9. The summed E-state index contributed by atoms with van der Waals surface area (Å²) in [6, 6.07) is 0.0766. The van der Waals surface area contributed by atoms with Crippen LogP contribution in [0.1, 0.15) is 99.3 Å². The first-order chi connectivity index (χ1) is 23.1. The molecular formula is C38H62N2O9. The van der Waals surface area contributed by atoms with Crippen LogP contribution in [0.5, 0.6) is 0 Å². The first-order valence-electron chi connectivity index (χ1n) is 18.5. The van der Waals surface area contributed by atoms with Gasteiger partial charge in [-0.05, 0) is 90.5 Å². The van der Waals surface area contributed by atoms with E-state index in [0.717, 1.165) is 32.5 Å². The molecule has 4 rings (SSSR count). The molecule has 0 aromatic heterocycles. The Morgan fingerprint density at radius 2 is 1.92 bits per heavy atom. The maximum Gasteiger partial charge on any atom is 0.410 e. The van der Waals surface area contributed by atoms with Crippen LogP contribution < -0.4 is 0 Å². The summed E-state index contributed by atoms with van der Waals surface area (Å²) in [5.74, 6) is -0.933. The number of allylic oxidation sites excluding steroid dienone is 2. The van der Waals surface area contributed by atoms with Crippen LogP contribution in [0.3, 0.4) is 0 Å². The standard InChI is InChI=1S/C38H62N2O9/c1-7-30(42)27(4)35-31(47-35)23-37(5,45)17-10-12-25(2)34-26(3)14-15-32(38(6,46)18-16-29(41)22-33(43)49-34)48-36(44)40-21-11-13-28(40)24-39-19-8-9-20-39/h10,12,14-15,17,26-32,34-35,41-42,45-46H,7-9,11,13,16,18-24H2,1-6H3/b15-14-,17-10+,25-12+/t26?,27?,28-,29?,30?,31?,32?,34?,35?,37?,38?/m0/s1. The van der Waals surface area contributed by atoms with E-state index in [1.54, 1.807) is 43.1 Å². The lowest BCUT2D eigenvalue weighted by Crippen LogP contribution is -2.48. The summed E-state index contributed by atoms with van der Waals surface area (Å²) in [5.41, 5.74) is -1.92. The molecule has 3 fully saturated rings. The smallest absolute Gasteiger partial charge is 0.410 e. The minimum absolute atomic E-state index is 0.00973. The number of ether oxygens (including phenoxy) is 3. The second kappa shape index (κ2) is 17.3. The van der Waals surface area contributed by atoms with Crippen molar-refractivity contribution in [2.75, 3.05) is 26.2 Å². The number of hydrogen-bond donors (Lipinski definition) is 4. The normalized spacial score (nSPS) is 36.8. The van der Waals surface area contributed by atoms with Crippen LogP contribution in [0.15, 0.2) is 36.0 Å². The summed E-state index contributed by atoms with van der Waals surface area (Å²) in [4.78, 5) is 30.6.